The van der Waals surface area contributed by atoms with E-state index in [1.807, 2.05) is 21.6 Å². The van der Waals surface area contributed by atoms with Crippen LogP contribution in [0.2, 0.25) is 0 Å². The molecule has 0 spiro atoms. The summed E-state index contributed by atoms with van der Waals surface area (Å²) < 4.78 is 0. The Kier molecular flexibility index (Phi) is 8.97. The van der Waals surface area contributed by atoms with Crippen LogP contribution in [-0.4, -0.2) is 72.9 Å². The fraction of sp³-hybridized carbons (Fsp3) is 0.500. The number of hydrogen-bond donors (Lipinski definition) is 2. The highest BCUT2D eigenvalue weighted by Gasteiger charge is 2.23. The summed E-state index contributed by atoms with van der Waals surface area (Å²) in [6.07, 6.45) is 2.29. The molecule has 0 bridgehead atoms. The molecule has 2 saturated heterocycles. The van der Waals surface area contributed by atoms with E-state index in [9.17, 15) is 0 Å². The van der Waals surface area contributed by atoms with Crippen molar-refractivity contribution in [3.8, 4) is 0 Å². The molecule has 2 atom stereocenters. The summed E-state index contributed by atoms with van der Waals surface area (Å²) in [7, 11) is 4.07. The van der Waals surface area contributed by atoms with Gasteiger partial charge in [-0.2, -0.15) is 0 Å². The van der Waals surface area contributed by atoms with Crippen LogP contribution in [0.15, 0.2) is 60.7 Å². The lowest BCUT2D eigenvalue weighted by atomic mass is 10.1. The number of nitrogens with one attached hydrogen (secondary N) is 2. The Hall–Kier alpha value is -1.02. The number of hydrogen-bond acceptors (Lipinski definition) is 6. The van der Waals surface area contributed by atoms with E-state index < -0.39 is 0 Å². The fourth-order valence-corrected chi connectivity index (χ4v) is 6.62. The van der Waals surface area contributed by atoms with Crippen molar-refractivity contribution in [2.45, 2.75) is 24.9 Å². The molecular formula is C24H34N4S2. The topological polar surface area (TPSA) is 30.5 Å². The van der Waals surface area contributed by atoms with Crippen LogP contribution in [0.3, 0.4) is 0 Å². The lowest BCUT2D eigenvalue weighted by molar-refractivity contribution is 0.336. The van der Waals surface area contributed by atoms with Gasteiger partial charge in [0.1, 0.15) is 0 Å². The van der Waals surface area contributed by atoms with Gasteiger partial charge in [-0.15, -0.1) is 0 Å². The second kappa shape index (κ2) is 12.1. The Balaban J connectivity index is 1.04. The van der Waals surface area contributed by atoms with Gasteiger partial charge in [-0.05, 0) is 24.0 Å². The Bertz CT molecular complexity index is 667. The van der Waals surface area contributed by atoms with Gasteiger partial charge in [-0.1, -0.05) is 82.3 Å². The summed E-state index contributed by atoms with van der Waals surface area (Å²) in [5, 5.41) is 7.36. The maximum Gasteiger partial charge on any atom is 0.0484 e. The van der Waals surface area contributed by atoms with Gasteiger partial charge in [0.15, 0.2) is 0 Å². The summed E-state index contributed by atoms with van der Waals surface area (Å²) in [5.41, 5.74) is 2.88. The molecule has 2 heterocycles. The van der Waals surface area contributed by atoms with Crippen LogP contribution in [0.5, 0.6) is 0 Å². The Morgan fingerprint density at radius 3 is 1.53 bits per heavy atom. The van der Waals surface area contributed by atoms with Crippen LogP contribution < -0.4 is 10.6 Å². The molecule has 0 unspecified atom stereocenters. The maximum absolute atomic E-state index is 3.68. The second-order valence-corrected chi connectivity index (χ2v) is 10.9. The Morgan fingerprint density at radius 2 is 1.10 bits per heavy atom. The van der Waals surface area contributed by atoms with Gasteiger partial charge in [0.05, 0.1) is 0 Å². The first-order valence-electron chi connectivity index (χ1n) is 11.1. The quantitative estimate of drug-likeness (QED) is 0.410. The monoisotopic (exact) mass is 442 g/mol. The molecule has 2 aromatic carbocycles. The largest absolute Gasteiger partial charge is 0.299 e. The van der Waals surface area contributed by atoms with Gasteiger partial charge >= 0.3 is 0 Å². The molecule has 2 fully saturated rings. The maximum atomic E-state index is 3.68. The average molecular weight is 443 g/mol. The third-order valence-electron chi connectivity index (χ3n) is 5.91. The van der Waals surface area contributed by atoms with Crippen LogP contribution in [-0.2, 0) is 12.8 Å². The molecule has 2 aromatic rings. The van der Waals surface area contributed by atoms with E-state index in [1.54, 1.807) is 0 Å². The smallest absolute Gasteiger partial charge is 0.0484 e. The van der Waals surface area contributed by atoms with E-state index in [-0.39, 0.29) is 0 Å². The van der Waals surface area contributed by atoms with Gasteiger partial charge in [0, 0.05) is 63.1 Å². The van der Waals surface area contributed by atoms with Crippen LogP contribution in [0.1, 0.15) is 11.1 Å². The van der Waals surface area contributed by atoms with E-state index >= 15 is 0 Å². The van der Waals surface area contributed by atoms with Gasteiger partial charge < -0.3 is 0 Å². The Labute approximate surface area is 189 Å². The van der Waals surface area contributed by atoms with Crippen molar-refractivity contribution in [1.82, 2.24) is 20.4 Å². The predicted octanol–water partition coefficient (Wildman–Crippen LogP) is 3.32. The molecular weight excluding hydrogens is 408 g/mol. The van der Waals surface area contributed by atoms with Gasteiger partial charge in [-0.25, -0.2) is 0 Å². The molecule has 0 aromatic heterocycles. The summed E-state index contributed by atoms with van der Waals surface area (Å²) in [6.45, 7) is 6.71. The first-order chi connectivity index (χ1) is 14.8. The minimum atomic E-state index is 0.622. The molecule has 2 aliphatic rings. The lowest BCUT2D eigenvalue weighted by Gasteiger charge is -2.15. The zero-order valence-electron chi connectivity index (χ0n) is 17.7. The van der Waals surface area contributed by atoms with Gasteiger partial charge in [-0.3, -0.25) is 20.4 Å². The highest BCUT2D eigenvalue weighted by molar-refractivity contribution is 8.76. The van der Waals surface area contributed by atoms with Crippen molar-refractivity contribution < 1.29 is 0 Å². The highest BCUT2D eigenvalue weighted by Crippen LogP contribution is 2.25. The van der Waals surface area contributed by atoms with Crippen LogP contribution in [0.4, 0.5) is 0 Å². The number of rotatable bonds is 11. The molecule has 0 radical (unpaired) electrons. The first kappa shape index (κ1) is 22.2. The average Bonchev–Trinajstić information content (AvgIpc) is 3.45. The zero-order chi connectivity index (χ0) is 20.4. The highest BCUT2D eigenvalue weighted by atomic mass is 33.1. The SMILES string of the molecule is c1ccc(CCN2CN[C@@H](CSSC[C@H]3CN(CCc4ccccc4)CN3)C2)cc1. The standard InChI is InChI=1S/C24H34N4S2/c1-3-7-21(8-4-1)11-13-27-15-23(25-19-27)17-29-30-18-24-16-28(20-26-24)14-12-22-9-5-2-6-10-22/h1-10,23-26H,11-20H2/t23-,24-/m1/s1. The summed E-state index contributed by atoms with van der Waals surface area (Å²) >= 11 is 0. The third-order valence-corrected chi connectivity index (χ3v) is 8.47. The van der Waals surface area contributed by atoms with E-state index in [4.69, 9.17) is 0 Å². The third kappa shape index (κ3) is 7.29. The minimum absolute atomic E-state index is 0.622. The van der Waals surface area contributed by atoms with Crippen LogP contribution in [0, 0.1) is 0 Å². The van der Waals surface area contributed by atoms with Crippen molar-refractivity contribution >= 4 is 21.6 Å². The van der Waals surface area contributed by atoms with E-state index in [0.717, 1.165) is 39.3 Å². The number of benzene rings is 2. The Morgan fingerprint density at radius 1 is 0.667 bits per heavy atom. The van der Waals surface area contributed by atoms with Crippen molar-refractivity contribution in [3.05, 3.63) is 71.8 Å². The van der Waals surface area contributed by atoms with Gasteiger partial charge in [0.2, 0.25) is 0 Å². The molecule has 4 nitrogen and oxygen atoms in total. The van der Waals surface area contributed by atoms with Crippen LogP contribution in [0.25, 0.3) is 0 Å². The summed E-state index contributed by atoms with van der Waals surface area (Å²) in [4.78, 5) is 5.10. The fourth-order valence-electron chi connectivity index (χ4n) is 4.09. The van der Waals surface area contributed by atoms with Crippen molar-refractivity contribution in [1.29, 1.82) is 0 Å². The molecule has 2 aliphatic heterocycles. The van der Waals surface area contributed by atoms with Gasteiger partial charge in [0.25, 0.3) is 0 Å². The van der Waals surface area contributed by atoms with Crippen molar-refractivity contribution in [3.63, 3.8) is 0 Å². The molecule has 2 N–H and O–H groups in total. The number of nitrogens with zero attached hydrogens (tertiary/aromatic N) is 2. The molecule has 0 amide bonds. The molecule has 6 heteroatoms. The molecule has 4 rings (SSSR count). The lowest BCUT2D eigenvalue weighted by Crippen LogP contribution is -2.27. The minimum Gasteiger partial charge on any atom is -0.299 e. The normalized spacial score (nSPS) is 22.7. The zero-order valence-corrected chi connectivity index (χ0v) is 19.3. The first-order valence-corrected chi connectivity index (χ1v) is 13.6. The van der Waals surface area contributed by atoms with Crippen molar-refractivity contribution in [2.24, 2.45) is 0 Å². The van der Waals surface area contributed by atoms with Crippen LogP contribution >= 0.6 is 21.6 Å². The van der Waals surface area contributed by atoms with Crippen molar-refractivity contribution in [2.75, 3.05) is 51.0 Å². The molecule has 162 valence electrons. The summed E-state index contributed by atoms with van der Waals surface area (Å²) in [5.74, 6) is 2.38. The van der Waals surface area contributed by atoms with E-state index in [0.29, 0.717) is 12.1 Å². The van der Waals surface area contributed by atoms with E-state index in [2.05, 4.69) is 81.1 Å². The summed E-state index contributed by atoms with van der Waals surface area (Å²) in [6, 6.07) is 22.9. The predicted molar refractivity (Wildman–Crippen MR) is 132 cm³/mol. The molecule has 0 aliphatic carbocycles. The van der Waals surface area contributed by atoms with E-state index in [1.165, 1.54) is 35.7 Å². The second-order valence-electron chi connectivity index (χ2n) is 8.31. The molecule has 0 saturated carbocycles. The molecule has 30 heavy (non-hydrogen) atoms.